The molecule has 0 saturated carbocycles. The summed E-state index contributed by atoms with van der Waals surface area (Å²) in [6.07, 6.45) is -1.51. The molecule has 28 heavy (non-hydrogen) atoms. The van der Waals surface area contributed by atoms with Crippen LogP contribution in [0.25, 0.3) is 0 Å². The van der Waals surface area contributed by atoms with E-state index in [4.69, 9.17) is 0 Å². The van der Waals surface area contributed by atoms with Gasteiger partial charge in [0.15, 0.2) is 10.1 Å². The number of hydrogen-bond donors (Lipinski definition) is 1. The van der Waals surface area contributed by atoms with Crippen molar-refractivity contribution in [3.8, 4) is 0 Å². The van der Waals surface area contributed by atoms with Crippen LogP contribution in [0.3, 0.4) is 0 Å². The van der Waals surface area contributed by atoms with Crippen LogP contribution in [0.2, 0.25) is 0 Å². The average molecular weight is 424 g/mol. The molecule has 2 heterocycles. The lowest BCUT2D eigenvalue weighted by molar-refractivity contribution is -0.137. The fraction of sp³-hybridized carbons (Fsp3) is 0.118. The molecule has 0 aliphatic rings. The van der Waals surface area contributed by atoms with Gasteiger partial charge in [-0.2, -0.15) is 13.2 Å². The fourth-order valence-electron chi connectivity index (χ4n) is 2.06. The van der Waals surface area contributed by atoms with E-state index in [0.29, 0.717) is 9.90 Å². The number of thioether (sulfide) groups is 1. The number of ketones is 1. The van der Waals surface area contributed by atoms with Crippen molar-refractivity contribution in [3.63, 3.8) is 0 Å². The first-order valence-corrected chi connectivity index (χ1v) is 9.51. The molecule has 0 aliphatic heterocycles. The summed E-state index contributed by atoms with van der Waals surface area (Å²) in [5.41, 5.74) is -0.592. The lowest BCUT2D eigenvalue weighted by Gasteiger charge is -2.08. The van der Waals surface area contributed by atoms with Crippen molar-refractivity contribution in [1.29, 1.82) is 0 Å². The number of rotatable bonds is 6. The molecule has 2 aromatic heterocycles. The molecule has 3 rings (SSSR count). The van der Waals surface area contributed by atoms with Crippen LogP contribution in [0.1, 0.15) is 26.3 Å². The molecule has 144 valence electrons. The summed E-state index contributed by atoms with van der Waals surface area (Å²) >= 11 is 2.16. The minimum absolute atomic E-state index is 0.113. The van der Waals surface area contributed by atoms with Gasteiger partial charge >= 0.3 is 6.18 Å². The van der Waals surface area contributed by atoms with Crippen molar-refractivity contribution in [1.82, 2.24) is 15.2 Å². The smallest absolute Gasteiger partial charge is 0.296 e. The maximum atomic E-state index is 12.7. The van der Waals surface area contributed by atoms with Gasteiger partial charge in [-0.05, 0) is 30.3 Å². The average Bonchev–Trinajstić information content (AvgIpc) is 3.13. The number of nitrogens with zero attached hydrogens (tertiary/aromatic N) is 3. The lowest BCUT2D eigenvalue weighted by Crippen LogP contribution is -2.13. The van der Waals surface area contributed by atoms with Crippen molar-refractivity contribution in [3.05, 3.63) is 65.5 Å². The predicted octanol–water partition coefficient (Wildman–Crippen LogP) is 4.18. The topological polar surface area (TPSA) is 84.8 Å². The van der Waals surface area contributed by atoms with Crippen LogP contribution < -0.4 is 5.32 Å². The van der Waals surface area contributed by atoms with E-state index < -0.39 is 17.6 Å². The summed E-state index contributed by atoms with van der Waals surface area (Å²) in [5.74, 6) is -0.755. The number of hydrogen-bond acceptors (Lipinski definition) is 7. The molecule has 0 aliphatic carbocycles. The maximum Gasteiger partial charge on any atom is 0.416 e. The van der Waals surface area contributed by atoms with Gasteiger partial charge in [0.1, 0.15) is 0 Å². The number of nitrogens with one attached hydrogen (secondary N) is 1. The maximum absolute atomic E-state index is 12.7. The number of Topliss-reactive ketones (excluding diaryl/α,β-unsaturated/α-hetero) is 1. The number of halogens is 3. The number of amides is 1. The molecule has 0 bridgehead atoms. The summed E-state index contributed by atoms with van der Waals surface area (Å²) in [6, 6.07) is 7.38. The Morgan fingerprint density at radius 1 is 1.11 bits per heavy atom. The zero-order valence-electron chi connectivity index (χ0n) is 13.9. The van der Waals surface area contributed by atoms with Crippen LogP contribution >= 0.6 is 23.1 Å². The highest BCUT2D eigenvalue weighted by Crippen LogP contribution is 2.30. The Kier molecular flexibility index (Phi) is 6.05. The second kappa shape index (κ2) is 8.48. The van der Waals surface area contributed by atoms with E-state index in [2.05, 4.69) is 20.5 Å². The van der Waals surface area contributed by atoms with E-state index >= 15 is 0 Å². The standard InChI is InChI=1S/C17H11F3N4O2S2/c18-17(19,20)12-5-1-3-10(7-12)14(26)22-15-23-24-16(28-15)27-9-13(25)11-4-2-6-21-8-11/h1-8H,9H2,(H,22,23,26). The highest BCUT2D eigenvalue weighted by Gasteiger charge is 2.31. The molecule has 1 N–H and O–H groups in total. The third kappa shape index (κ3) is 5.14. The lowest BCUT2D eigenvalue weighted by atomic mass is 10.1. The molecule has 11 heteroatoms. The van der Waals surface area contributed by atoms with E-state index in [-0.39, 0.29) is 22.2 Å². The van der Waals surface area contributed by atoms with Crippen molar-refractivity contribution in [2.45, 2.75) is 10.5 Å². The van der Waals surface area contributed by atoms with Crippen LogP contribution in [0, 0.1) is 0 Å². The first kappa shape index (κ1) is 20.0. The summed E-state index contributed by atoms with van der Waals surface area (Å²) < 4.78 is 38.7. The molecule has 0 spiro atoms. The first-order chi connectivity index (χ1) is 13.3. The van der Waals surface area contributed by atoms with Crippen LogP contribution in [0.4, 0.5) is 18.3 Å². The Hall–Kier alpha value is -2.79. The van der Waals surface area contributed by atoms with Gasteiger partial charge in [-0.25, -0.2) is 0 Å². The Bertz CT molecular complexity index is 993. The van der Waals surface area contributed by atoms with E-state index in [1.54, 1.807) is 18.3 Å². The van der Waals surface area contributed by atoms with Crippen LogP contribution in [0.15, 0.2) is 53.1 Å². The molecule has 0 saturated heterocycles. The summed E-state index contributed by atoms with van der Waals surface area (Å²) in [6.45, 7) is 0. The van der Waals surface area contributed by atoms with Crippen molar-refractivity contribution < 1.29 is 22.8 Å². The SMILES string of the molecule is O=C(CSc1nnc(NC(=O)c2cccc(C(F)(F)F)c2)s1)c1cccnc1. The van der Waals surface area contributed by atoms with Crippen molar-refractivity contribution in [2.24, 2.45) is 0 Å². The molecular formula is C17H11F3N4O2S2. The third-order valence-electron chi connectivity index (χ3n) is 3.39. The predicted molar refractivity (Wildman–Crippen MR) is 98.6 cm³/mol. The van der Waals surface area contributed by atoms with Crippen LogP contribution in [0.5, 0.6) is 0 Å². The minimum Gasteiger partial charge on any atom is -0.296 e. The van der Waals surface area contributed by atoms with Crippen LogP contribution in [-0.4, -0.2) is 32.6 Å². The summed E-state index contributed by atoms with van der Waals surface area (Å²) in [4.78, 5) is 28.1. The number of benzene rings is 1. The summed E-state index contributed by atoms with van der Waals surface area (Å²) in [7, 11) is 0. The zero-order chi connectivity index (χ0) is 20.1. The van der Waals surface area contributed by atoms with Gasteiger partial charge in [0.2, 0.25) is 5.13 Å². The number of carbonyl (C=O) groups is 2. The Morgan fingerprint density at radius 2 is 1.89 bits per heavy atom. The van der Waals surface area contributed by atoms with Gasteiger partial charge in [-0.15, -0.1) is 10.2 Å². The zero-order valence-corrected chi connectivity index (χ0v) is 15.6. The van der Waals surface area contributed by atoms with Crippen LogP contribution in [-0.2, 0) is 6.18 Å². The molecule has 3 aromatic rings. The number of anilines is 1. The van der Waals surface area contributed by atoms with E-state index in [9.17, 15) is 22.8 Å². The van der Waals surface area contributed by atoms with E-state index in [1.807, 2.05) is 0 Å². The van der Waals surface area contributed by atoms with Crippen molar-refractivity contribution >= 4 is 39.9 Å². The molecule has 1 amide bonds. The Balaban J connectivity index is 1.60. The minimum atomic E-state index is -4.54. The Labute approximate surface area is 165 Å². The molecule has 6 nitrogen and oxygen atoms in total. The van der Waals surface area contributed by atoms with Gasteiger partial charge in [-0.3, -0.25) is 19.9 Å². The normalized spacial score (nSPS) is 11.2. The third-order valence-corrected chi connectivity index (χ3v) is 5.36. The molecule has 0 atom stereocenters. The Morgan fingerprint density at radius 3 is 2.61 bits per heavy atom. The second-order valence-corrected chi connectivity index (χ2v) is 7.56. The van der Waals surface area contributed by atoms with E-state index in [1.165, 1.54) is 12.3 Å². The number of pyridine rings is 1. The highest BCUT2D eigenvalue weighted by molar-refractivity contribution is 8.01. The first-order valence-electron chi connectivity index (χ1n) is 7.71. The summed E-state index contributed by atoms with van der Waals surface area (Å²) in [5, 5.41) is 10.2. The van der Waals surface area contributed by atoms with E-state index in [0.717, 1.165) is 41.3 Å². The monoisotopic (exact) mass is 424 g/mol. The highest BCUT2D eigenvalue weighted by atomic mass is 32.2. The van der Waals surface area contributed by atoms with Gasteiger partial charge in [0, 0.05) is 23.5 Å². The molecule has 1 aromatic carbocycles. The largest absolute Gasteiger partial charge is 0.416 e. The fourth-order valence-corrected chi connectivity index (χ4v) is 3.70. The van der Waals surface area contributed by atoms with Crippen molar-refractivity contribution in [2.75, 3.05) is 11.1 Å². The number of carbonyl (C=O) groups excluding carboxylic acids is 2. The van der Waals surface area contributed by atoms with Gasteiger partial charge in [-0.1, -0.05) is 29.2 Å². The second-order valence-electron chi connectivity index (χ2n) is 5.36. The van der Waals surface area contributed by atoms with Gasteiger partial charge in [0.05, 0.1) is 11.3 Å². The van der Waals surface area contributed by atoms with Gasteiger partial charge < -0.3 is 0 Å². The number of aromatic nitrogens is 3. The van der Waals surface area contributed by atoms with Gasteiger partial charge in [0.25, 0.3) is 5.91 Å². The number of alkyl halides is 3. The molecular weight excluding hydrogens is 413 g/mol. The quantitative estimate of drug-likeness (QED) is 0.363. The molecule has 0 fully saturated rings. The molecule has 0 radical (unpaired) electrons. The molecule has 0 unspecified atom stereocenters.